The van der Waals surface area contributed by atoms with E-state index < -0.39 is 41.5 Å². The Balaban J connectivity index is 1.99. The van der Waals surface area contributed by atoms with Crippen molar-refractivity contribution in [2.24, 2.45) is 0 Å². The number of aryl methyl sites for hydroxylation is 1. The maximum Gasteiger partial charge on any atom is 0.433 e. The monoisotopic (exact) mass is 436 g/mol. The summed E-state index contributed by atoms with van der Waals surface area (Å²) >= 11 is 1.53. The second kappa shape index (κ2) is 8.08. The Hall–Kier alpha value is -1.91. The maximum atomic E-state index is 13.3. The minimum Gasteiger partial charge on any atom is -0.387 e. The highest BCUT2D eigenvalue weighted by Gasteiger charge is 2.38. The topological polar surface area (TPSA) is 45.1 Å². The van der Waals surface area contributed by atoms with Gasteiger partial charge in [-0.3, -0.25) is 0 Å². The van der Waals surface area contributed by atoms with Crippen molar-refractivity contribution >= 4 is 23.0 Å². The molecular formula is C19H18F6N2OS. The van der Waals surface area contributed by atoms with Crippen molar-refractivity contribution in [3.8, 4) is 0 Å². The van der Waals surface area contributed by atoms with Crippen LogP contribution in [-0.4, -0.2) is 22.8 Å². The first-order valence-corrected chi connectivity index (χ1v) is 9.61. The van der Waals surface area contributed by atoms with E-state index in [0.717, 1.165) is 9.75 Å². The molecule has 1 aliphatic rings. The van der Waals surface area contributed by atoms with Gasteiger partial charge in [0.2, 0.25) is 0 Å². The Morgan fingerprint density at radius 3 is 2.48 bits per heavy atom. The van der Waals surface area contributed by atoms with E-state index >= 15 is 0 Å². The molecule has 3 rings (SSSR count). The van der Waals surface area contributed by atoms with Crippen LogP contribution in [0.25, 0.3) is 11.6 Å². The number of hydrogen-bond acceptors (Lipinski definition) is 4. The van der Waals surface area contributed by atoms with Crippen LogP contribution in [0.1, 0.15) is 40.0 Å². The first kappa shape index (κ1) is 21.8. The zero-order chi connectivity index (χ0) is 21.4. The van der Waals surface area contributed by atoms with Gasteiger partial charge >= 0.3 is 12.4 Å². The number of aliphatic hydroxyl groups excluding tert-OH is 1. The van der Waals surface area contributed by atoms with Crippen LogP contribution in [0.2, 0.25) is 0 Å². The Labute approximate surface area is 166 Å². The lowest BCUT2D eigenvalue weighted by atomic mass is 9.97. The number of nitrogens with zero attached hydrogens (tertiary/aromatic N) is 1. The van der Waals surface area contributed by atoms with E-state index in [2.05, 4.69) is 10.3 Å². The summed E-state index contributed by atoms with van der Waals surface area (Å²) in [6.45, 7) is 2.20. The first-order valence-electron chi connectivity index (χ1n) is 8.79. The Morgan fingerprint density at radius 2 is 1.90 bits per heavy atom. The largest absolute Gasteiger partial charge is 0.433 e. The molecule has 0 saturated heterocycles. The fourth-order valence-electron chi connectivity index (χ4n) is 3.22. The van der Waals surface area contributed by atoms with Crippen LogP contribution in [0, 0.1) is 6.92 Å². The van der Waals surface area contributed by atoms with Crippen molar-refractivity contribution < 1.29 is 31.4 Å². The van der Waals surface area contributed by atoms with Crippen LogP contribution in [0.3, 0.4) is 0 Å². The summed E-state index contributed by atoms with van der Waals surface area (Å²) in [5.74, 6) is 0. The number of pyridine rings is 1. The molecule has 29 heavy (non-hydrogen) atoms. The SMILES string of the molecule is Cc1ccc(CNCC(O)c2cc(C(F)(F)F)nc3c2=CCCC=3C(F)(F)F)s1. The van der Waals surface area contributed by atoms with Gasteiger partial charge in [0.15, 0.2) is 0 Å². The lowest BCUT2D eigenvalue weighted by molar-refractivity contribution is -0.141. The van der Waals surface area contributed by atoms with Gasteiger partial charge in [-0.2, -0.15) is 26.3 Å². The third kappa shape index (κ3) is 4.99. The standard InChI is InChI=1S/C19H18F6N2OS/c1-10-5-6-11(29-10)8-26-9-15(28)13-7-16(19(23,24)25)27-17-12(13)3-2-4-14(17)18(20,21)22/h3,5-7,15,26,28H,2,4,8-9H2,1H3. The van der Waals surface area contributed by atoms with Crippen molar-refractivity contribution in [1.29, 1.82) is 0 Å². The van der Waals surface area contributed by atoms with Crippen molar-refractivity contribution in [1.82, 2.24) is 10.3 Å². The van der Waals surface area contributed by atoms with Gasteiger partial charge in [0.25, 0.3) is 0 Å². The van der Waals surface area contributed by atoms with Gasteiger partial charge in [0.05, 0.1) is 17.0 Å². The van der Waals surface area contributed by atoms with E-state index in [0.29, 0.717) is 12.6 Å². The smallest absolute Gasteiger partial charge is 0.387 e. The maximum absolute atomic E-state index is 13.3. The highest BCUT2D eigenvalue weighted by atomic mass is 32.1. The van der Waals surface area contributed by atoms with Gasteiger partial charge in [0, 0.05) is 28.1 Å². The number of fused-ring (bicyclic) bond motifs is 1. The lowest BCUT2D eigenvalue weighted by Crippen LogP contribution is -2.42. The van der Waals surface area contributed by atoms with Crippen molar-refractivity contribution in [3.05, 3.63) is 49.8 Å². The summed E-state index contributed by atoms with van der Waals surface area (Å²) < 4.78 is 79.7. The third-order valence-corrected chi connectivity index (χ3v) is 5.54. The van der Waals surface area contributed by atoms with Gasteiger partial charge in [-0.15, -0.1) is 11.3 Å². The quantitative estimate of drug-likeness (QED) is 0.705. The van der Waals surface area contributed by atoms with Crippen LogP contribution in [-0.2, 0) is 12.7 Å². The molecule has 0 amide bonds. The molecular weight excluding hydrogens is 418 g/mol. The van der Waals surface area contributed by atoms with Crippen LogP contribution in [0.5, 0.6) is 0 Å². The third-order valence-electron chi connectivity index (χ3n) is 4.54. The van der Waals surface area contributed by atoms with E-state index in [1.54, 1.807) is 0 Å². The van der Waals surface area contributed by atoms with Crippen LogP contribution >= 0.6 is 11.3 Å². The molecule has 2 aromatic heterocycles. The van der Waals surface area contributed by atoms with Gasteiger partial charge in [-0.1, -0.05) is 6.08 Å². The van der Waals surface area contributed by atoms with Crippen LogP contribution in [0.4, 0.5) is 26.3 Å². The Bertz CT molecular complexity index is 1010. The first-order chi connectivity index (χ1) is 13.5. The summed E-state index contributed by atoms with van der Waals surface area (Å²) in [6, 6.07) is 4.43. The summed E-state index contributed by atoms with van der Waals surface area (Å²) in [5.41, 5.74) is -2.76. The van der Waals surface area contributed by atoms with E-state index in [1.165, 1.54) is 17.4 Å². The highest BCUT2D eigenvalue weighted by molar-refractivity contribution is 7.11. The average Bonchev–Trinajstić information content (AvgIpc) is 3.03. The zero-order valence-corrected chi connectivity index (χ0v) is 16.1. The molecule has 3 nitrogen and oxygen atoms in total. The zero-order valence-electron chi connectivity index (χ0n) is 15.3. The molecule has 10 heteroatoms. The molecule has 1 unspecified atom stereocenters. The molecule has 0 aliphatic heterocycles. The number of hydrogen-bond donors (Lipinski definition) is 2. The number of aromatic nitrogens is 1. The molecule has 0 bridgehead atoms. The van der Waals surface area contributed by atoms with E-state index in [1.807, 2.05) is 19.1 Å². The van der Waals surface area contributed by atoms with Gasteiger partial charge in [0.1, 0.15) is 5.69 Å². The molecule has 1 atom stereocenters. The van der Waals surface area contributed by atoms with Crippen LogP contribution < -0.4 is 15.9 Å². The predicted octanol–water partition coefficient (Wildman–Crippen LogP) is 3.58. The fourth-order valence-corrected chi connectivity index (χ4v) is 4.08. The number of alkyl halides is 6. The highest BCUT2D eigenvalue weighted by Crippen LogP contribution is 2.32. The van der Waals surface area contributed by atoms with Gasteiger partial charge in [-0.25, -0.2) is 4.98 Å². The second-order valence-corrected chi connectivity index (χ2v) is 8.11. The van der Waals surface area contributed by atoms with Crippen molar-refractivity contribution in [2.45, 2.75) is 44.8 Å². The summed E-state index contributed by atoms with van der Waals surface area (Å²) in [4.78, 5) is 5.32. The molecule has 2 aromatic rings. The minimum absolute atomic E-state index is 0.0104. The normalized spacial score (nSPS) is 15.8. The predicted molar refractivity (Wildman–Crippen MR) is 97.4 cm³/mol. The number of aliphatic hydroxyl groups is 1. The van der Waals surface area contributed by atoms with E-state index in [9.17, 15) is 31.4 Å². The fraction of sp³-hybridized carbons (Fsp3) is 0.421. The number of thiophene rings is 1. The van der Waals surface area contributed by atoms with E-state index in [4.69, 9.17) is 0 Å². The van der Waals surface area contributed by atoms with Gasteiger partial charge < -0.3 is 10.4 Å². The van der Waals surface area contributed by atoms with E-state index in [-0.39, 0.29) is 23.7 Å². The molecule has 2 N–H and O–H groups in total. The molecule has 158 valence electrons. The molecule has 0 saturated carbocycles. The summed E-state index contributed by atoms with van der Waals surface area (Å²) in [7, 11) is 0. The van der Waals surface area contributed by atoms with Gasteiger partial charge in [-0.05, 0) is 43.5 Å². The average molecular weight is 436 g/mol. The van der Waals surface area contributed by atoms with Crippen LogP contribution in [0.15, 0.2) is 18.2 Å². The summed E-state index contributed by atoms with van der Waals surface area (Å²) in [5, 5.41) is 12.6. The molecule has 0 fully saturated rings. The molecule has 2 heterocycles. The molecule has 1 aliphatic carbocycles. The number of rotatable bonds is 5. The molecule has 0 aromatic carbocycles. The lowest BCUT2D eigenvalue weighted by Gasteiger charge is -2.20. The number of nitrogens with one attached hydrogen (secondary N) is 1. The second-order valence-electron chi connectivity index (χ2n) is 6.73. The molecule has 0 spiro atoms. The Morgan fingerprint density at radius 1 is 1.17 bits per heavy atom. The molecule has 0 radical (unpaired) electrons. The summed E-state index contributed by atoms with van der Waals surface area (Å²) in [6.07, 6.45) is -10.2. The Kier molecular flexibility index (Phi) is 6.07. The van der Waals surface area contributed by atoms with Crippen molar-refractivity contribution in [3.63, 3.8) is 0 Å². The number of halogens is 6. The minimum atomic E-state index is -4.93. The van der Waals surface area contributed by atoms with Crippen molar-refractivity contribution in [2.75, 3.05) is 6.54 Å².